The minimum atomic E-state index is -0.416. The number of allylic oxidation sites excluding steroid dienone is 3. The van der Waals surface area contributed by atoms with Gasteiger partial charge in [-0.25, -0.2) is 0 Å². The maximum absolute atomic E-state index is 12.7. The highest BCUT2D eigenvalue weighted by molar-refractivity contribution is 8.03. The van der Waals surface area contributed by atoms with E-state index in [0.717, 1.165) is 36.9 Å². The number of hydrogen-bond acceptors (Lipinski definition) is 5. The van der Waals surface area contributed by atoms with Crippen LogP contribution in [-0.4, -0.2) is 23.5 Å². The van der Waals surface area contributed by atoms with E-state index in [0.29, 0.717) is 33.7 Å². The van der Waals surface area contributed by atoms with Gasteiger partial charge in [0.2, 0.25) is 5.91 Å². The predicted octanol–water partition coefficient (Wildman–Crippen LogP) is 3.78. The Labute approximate surface area is 173 Å². The van der Waals surface area contributed by atoms with Gasteiger partial charge in [0, 0.05) is 28.8 Å². The van der Waals surface area contributed by atoms with Crippen molar-refractivity contribution < 1.29 is 9.59 Å². The molecule has 7 heteroatoms. The molecular formula is C21H20ClN3O2S. The Kier molecular flexibility index (Phi) is 5.47. The first-order chi connectivity index (χ1) is 13.6. The highest BCUT2D eigenvalue weighted by Gasteiger charge is 2.37. The first-order valence-corrected chi connectivity index (χ1v) is 10.8. The number of halogens is 1. The zero-order chi connectivity index (χ0) is 19.7. The van der Waals surface area contributed by atoms with Crippen LogP contribution in [0.25, 0.3) is 0 Å². The number of thioether (sulfide) groups is 1. The fourth-order valence-electron chi connectivity index (χ4n) is 3.66. The van der Waals surface area contributed by atoms with Crippen molar-refractivity contribution >= 4 is 35.1 Å². The lowest BCUT2D eigenvalue weighted by Gasteiger charge is -2.33. The van der Waals surface area contributed by atoms with Gasteiger partial charge in [-0.3, -0.25) is 9.59 Å². The van der Waals surface area contributed by atoms with Crippen LogP contribution in [-0.2, 0) is 9.59 Å². The quantitative estimate of drug-likeness (QED) is 0.767. The number of nitrogens with one attached hydrogen (secondary N) is 2. The molecule has 1 fully saturated rings. The molecule has 1 aliphatic heterocycles. The molecule has 4 rings (SSSR count). The second-order valence-electron chi connectivity index (χ2n) is 7.26. The number of nitriles is 1. The molecule has 0 radical (unpaired) electrons. The van der Waals surface area contributed by atoms with E-state index in [1.54, 1.807) is 12.1 Å². The molecule has 0 aromatic heterocycles. The van der Waals surface area contributed by atoms with Gasteiger partial charge in [0.1, 0.15) is 0 Å². The summed E-state index contributed by atoms with van der Waals surface area (Å²) in [7, 11) is 0. The molecule has 1 aromatic rings. The van der Waals surface area contributed by atoms with Gasteiger partial charge in [-0.1, -0.05) is 35.5 Å². The van der Waals surface area contributed by atoms with E-state index < -0.39 is 5.92 Å². The lowest BCUT2D eigenvalue weighted by Crippen LogP contribution is -2.32. The van der Waals surface area contributed by atoms with Crippen LogP contribution < -0.4 is 10.6 Å². The molecule has 3 aliphatic rings. The second kappa shape index (κ2) is 8.02. The van der Waals surface area contributed by atoms with Crippen LogP contribution in [0.15, 0.2) is 46.1 Å². The number of carbonyl (C=O) groups is 2. The minimum Gasteiger partial charge on any atom is -0.353 e. The zero-order valence-electron chi connectivity index (χ0n) is 15.3. The average Bonchev–Trinajstić information content (AvgIpc) is 3.50. The highest BCUT2D eigenvalue weighted by Crippen LogP contribution is 2.44. The summed E-state index contributed by atoms with van der Waals surface area (Å²) in [5.41, 5.74) is 2.91. The number of nitrogens with zero attached hydrogens (tertiary/aromatic N) is 1. The summed E-state index contributed by atoms with van der Waals surface area (Å²) in [5.74, 6) is -0.118. The van der Waals surface area contributed by atoms with Crippen LogP contribution >= 0.6 is 23.4 Å². The molecule has 1 saturated carbocycles. The van der Waals surface area contributed by atoms with Crippen molar-refractivity contribution in [3.8, 4) is 6.07 Å². The zero-order valence-corrected chi connectivity index (χ0v) is 16.8. The van der Waals surface area contributed by atoms with Gasteiger partial charge in [-0.2, -0.15) is 5.26 Å². The predicted molar refractivity (Wildman–Crippen MR) is 109 cm³/mol. The van der Waals surface area contributed by atoms with Gasteiger partial charge in [0.05, 0.1) is 28.3 Å². The molecule has 0 spiro atoms. The van der Waals surface area contributed by atoms with Gasteiger partial charge in [-0.15, -0.1) is 0 Å². The molecule has 144 valence electrons. The number of amides is 1. The number of ketones is 1. The van der Waals surface area contributed by atoms with Gasteiger partial charge in [0.15, 0.2) is 5.78 Å². The minimum absolute atomic E-state index is 0.0263. The topological polar surface area (TPSA) is 82.0 Å². The van der Waals surface area contributed by atoms with Crippen molar-refractivity contribution in [1.82, 2.24) is 10.6 Å². The third kappa shape index (κ3) is 3.96. The monoisotopic (exact) mass is 413 g/mol. The van der Waals surface area contributed by atoms with E-state index in [9.17, 15) is 14.9 Å². The van der Waals surface area contributed by atoms with Crippen LogP contribution in [0, 0.1) is 11.3 Å². The van der Waals surface area contributed by atoms with Crippen molar-refractivity contribution in [3.05, 3.63) is 56.7 Å². The summed E-state index contributed by atoms with van der Waals surface area (Å²) in [5, 5.41) is 17.5. The van der Waals surface area contributed by atoms with Crippen molar-refractivity contribution in [2.45, 2.75) is 44.1 Å². The molecule has 1 heterocycles. The fraction of sp³-hybridized carbons (Fsp3) is 0.381. The van der Waals surface area contributed by atoms with Gasteiger partial charge >= 0.3 is 0 Å². The van der Waals surface area contributed by atoms with Crippen LogP contribution in [0.3, 0.4) is 0 Å². The molecule has 0 saturated heterocycles. The third-order valence-corrected chi connectivity index (χ3v) is 6.43. The molecule has 1 aromatic carbocycles. The van der Waals surface area contributed by atoms with Crippen molar-refractivity contribution in [3.63, 3.8) is 0 Å². The maximum atomic E-state index is 12.7. The number of benzene rings is 1. The first kappa shape index (κ1) is 19.1. The molecule has 28 heavy (non-hydrogen) atoms. The smallest absolute Gasteiger partial charge is 0.230 e. The summed E-state index contributed by atoms with van der Waals surface area (Å²) >= 11 is 7.36. The van der Waals surface area contributed by atoms with E-state index in [2.05, 4.69) is 16.7 Å². The van der Waals surface area contributed by atoms with Gasteiger partial charge in [-0.05, 0) is 43.4 Å². The van der Waals surface area contributed by atoms with Crippen molar-refractivity contribution in [1.29, 1.82) is 5.26 Å². The van der Waals surface area contributed by atoms with Gasteiger partial charge in [0.25, 0.3) is 0 Å². The molecule has 5 nitrogen and oxygen atoms in total. The maximum Gasteiger partial charge on any atom is 0.230 e. The molecule has 0 bridgehead atoms. The van der Waals surface area contributed by atoms with E-state index in [-0.39, 0.29) is 17.4 Å². The second-order valence-corrected chi connectivity index (χ2v) is 8.69. The van der Waals surface area contributed by atoms with Crippen LogP contribution in [0.2, 0.25) is 5.02 Å². The van der Waals surface area contributed by atoms with E-state index in [1.165, 1.54) is 11.8 Å². The standard InChI is InChI=1S/C21H20ClN3O2S/c22-13-6-4-12(5-7-13)19-15(10-23)21(28-11-18(27)24-14-8-9-14)25-16-2-1-3-17(26)20(16)19/h4-7,14,19,25H,1-3,8-9,11H2,(H,24,27)/t19-/m0/s1. The molecule has 1 atom stereocenters. The van der Waals surface area contributed by atoms with Crippen molar-refractivity contribution in [2.24, 2.45) is 0 Å². The summed E-state index contributed by atoms with van der Waals surface area (Å²) < 4.78 is 0. The third-order valence-electron chi connectivity index (χ3n) is 5.16. The summed E-state index contributed by atoms with van der Waals surface area (Å²) in [4.78, 5) is 24.8. The van der Waals surface area contributed by atoms with E-state index in [4.69, 9.17) is 11.6 Å². The SMILES string of the molecule is N#CC1=C(SCC(=O)NC2CC2)NC2=C(C(=O)CCC2)[C@H]1c1ccc(Cl)cc1. The average molecular weight is 414 g/mol. The van der Waals surface area contributed by atoms with Crippen LogP contribution in [0.4, 0.5) is 0 Å². The Balaban J connectivity index is 1.67. The van der Waals surface area contributed by atoms with Crippen LogP contribution in [0.5, 0.6) is 0 Å². The number of carbonyl (C=O) groups excluding carboxylic acids is 2. The molecule has 2 N–H and O–H groups in total. The Morgan fingerprint density at radius 2 is 2.04 bits per heavy atom. The van der Waals surface area contributed by atoms with Crippen molar-refractivity contribution in [2.75, 3.05) is 5.75 Å². The summed E-state index contributed by atoms with van der Waals surface area (Å²) in [6, 6.07) is 9.88. The molecule has 2 aliphatic carbocycles. The Hall–Kier alpha value is -2.23. The molecule has 1 amide bonds. The Morgan fingerprint density at radius 1 is 1.29 bits per heavy atom. The first-order valence-electron chi connectivity index (χ1n) is 9.42. The van der Waals surface area contributed by atoms with Crippen LogP contribution in [0.1, 0.15) is 43.6 Å². The normalized spacial score (nSPS) is 21.7. The lowest BCUT2D eigenvalue weighted by molar-refractivity contribution is -0.118. The Morgan fingerprint density at radius 3 is 2.71 bits per heavy atom. The largest absolute Gasteiger partial charge is 0.353 e. The molecule has 0 unspecified atom stereocenters. The number of Topliss-reactive ketones (excluding diaryl/α,β-unsaturated/α-hetero) is 1. The summed E-state index contributed by atoms with van der Waals surface area (Å²) in [6.45, 7) is 0. The van der Waals surface area contributed by atoms with E-state index in [1.807, 2.05) is 12.1 Å². The summed E-state index contributed by atoms with van der Waals surface area (Å²) in [6.07, 6.45) is 4.13. The lowest BCUT2D eigenvalue weighted by atomic mass is 9.77. The van der Waals surface area contributed by atoms with Gasteiger partial charge < -0.3 is 10.6 Å². The molecular weight excluding hydrogens is 394 g/mol. The number of dihydropyridines is 1. The number of hydrogen-bond donors (Lipinski definition) is 2. The fourth-order valence-corrected chi connectivity index (χ4v) is 4.66. The van der Waals surface area contributed by atoms with E-state index >= 15 is 0 Å². The number of rotatable bonds is 5. The highest BCUT2D eigenvalue weighted by atomic mass is 35.5. The Bertz CT molecular complexity index is 926.